The summed E-state index contributed by atoms with van der Waals surface area (Å²) in [5, 5.41) is 10.7. The van der Waals surface area contributed by atoms with E-state index in [2.05, 4.69) is 34.4 Å². The first-order chi connectivity index (χ1) is 12.7. The van der Waals surface area contributed by atoms with Gasteiger partial charge in [-0.1, -0.05) is 26.0 Å². The van der Waals surface area contributed by atoms with Crippen molar-refractivity contribution in [2.75, 3.05) is 5.32 Å². The quantitative estimate of drug-likeness (QED) is 0.536. The second kappa shape index (κ2) is 7.26. The Hall–Kier alpha value is -3.10. The van der Waals surface area contributed by atoms with Crippen LogP contribution in [0, 0.1) is 0 Å². The van der Waals surface area contributed by atoms with E-state index in [-0.39, 0.29) is 18.3 Å². The molecule has 2 heterocycles. The van der Waals surface area contributed by atoms with E-state index in [1.165, 1.54) is 10.5 Å². The molecule has 0 unspecified atom stereocenters. The third kappa shape index (κ3) is 4.36. The zero-order chi connectivity index (χ0) is 19.6. The van der Waals surface area contributed by atoms with E-state index in [0.29, 0.717) is 11.6 Å². The minimum atomic E-state index is -4.44. The molecule has 142 valence electrons. The number of aromatic nitrogens is 3. The van der Waals surface area contributed by atoms with E-state index >= 15 is 0 Å². The molecule has 1 aromatic carbocycles. The number of rotatable bonds is 4. The predicted molar refractivity (Wildman–Crippen MR) is 97.5 cm³/mol. The number of aliphatic imine (C=N–C) groups is 1. The molecule has 0 bridgehead atoms. The third-order valence-corrected chi connectivity index (χ3v) is 4.02. The summed E-state index contributed by atoms with van der Waals surface area (Å²) in [6.07, 6.45) is -3.49. The van der Waals surface area contributed by atoms with Gasteiger partial charge in [0, 0.05) is 11.9 Å². The summed E-state index contributed by atoms with van der Waals surface area (Å²) in [5.41, 5.74) is 7.36. The molecule has 2 aromatic heterocycles. The van der Waals surface area contributed by atoms with Gasteiger partial charge in [-0.25, -0.2) is 4.99 Å². The van der Waals surface area contributed by atoms with Gasteiger partial charge in [-0.2, -0.15) is 13.2 Å². The molecule has 6 nitrogen and oxygen atoms in total. The Morgan fingerprint density at radius 1 is 1.22 bits per heavy atom. The smallest absolute Gasteiger partial charge is 0.370 e. The lowest BCUT2D eigenvalue weighted by Gasteiger charge is -2.10. The Morgan fingerprint density at radius 3 is 2.70 bits per heavy atom. The number of halogens is 3. The summed E-state index contributed by atoms with van der Waals surface area (Å²) in [6, 6.07) is 9.99. The van der Waals surface area contributed by atoms with E-state index in [1.54, 1.807) is 0 Å². The van der Waals surface area contributed by atoms with Crippen LogP contribution >= 0.6 is 0 Å². The molecular formula is C18H19F3N6. The maximum absolute atomic E-state index is 12.9. The number of fused-ring (bicyclic) bond motifs is 1. The van der Waals surface area contributed by atoms with Gasteiger partial charge < -0.3 is 11.1 Å². The van der Waals surface area contributed by atoms with Crippen molar-refractivity contribution in [3.05, 3.63) is 59.5 Å². The van der Waals surface area contributed by atoms with Crippen LogP contribution in [0.5, 0.6) is 0 Å². The number of benzene rings is 1. The first kappa shape index (κ1) is 18.7. The van der Waals surface area contributed by atoms with Gasteiger partial charge in [0.05, 0.1) is 5.56 Å². The van der Waals surface area contributed by atoms with Crippen molar-refractivity contribution in [3.63, 3.8) is 0 Å². The zero-order valence-corrected chi connectivity index (χ0v) is 14.8. The minimum Gasteiger partial charge on any atom is -0.370 e. The van der Waals surface area contributed by atoms with Gasteiger partial charge in [-0.15, -0.1) is 10.2 Å². The van der Waals surface area contributed by atoms with Gasteiger partial charge >= 0.3 is 6.18 Å². The van der Waals surface area contributed by atoms with Gasteiger partial charge in [0.15, 0.2) is 17.4 Å². The number of nitrogens with two attached hydrogens (primary N) is 1. The lowest BCUT2D eigenvalue weighted by Crippen LogP contribution is -2.22. The van der Waals surface area contributed by atoms with Crippen molar-refractivity contribution in [1.82, 2.24) is 14.6 Å². The Bertz CT molecular complexity index is 975. The van der Waals surface area contributed by atoms with Gasteiger partial charge in [0.1, 0.15) is 6.54 Å². The van der Waals surface area contributed by atoms with Gasteiger partial charge in [-0.05, 0) is 35.7 Å². The summed E-state index contributed by atoms with van der Waals surface area (Å²) >= 11 is 0. The molecule has 0 aliphatic rings. The summed E-state index contributed by atoms with van der Waals surface area (Å²) < 4.78 is 39.9. The first-order valence-electron chi connectivity index (χ1n) is 8.32. The SMILES string of the molecule is CC(C)c1cccc(NC(N)=NCc2nnc3ccc(C(F)(F)F)cn23)c1. The summed E-state index contributed by atoms with van der Waals surface area (Å²) in [5.74, 6) is 0.770. The maximum atomic E-state index is 12.9. The second-order valence-electron chi connectivity index (χ2n) is 6.37. The van der Waals surface area contributed by atoms with E-state index in [0.717, 1.165) is 23.5 Å². The van der Waals surface area contributed by atoms with Crippen LogP contribution in [0.1, 0.15) is 36.7 Å². The van der Waals surface area contributed by atoms with Crippen molar-refractivity contribution < 1.29 is 13.2 Å². The highest BCUT2D eigenvalue weighted by atomic mass is 19.4. The molecule has 0 amide bonds. The highest BCUT2D eigenvalue weighted by Gasteiger charge is 2.31. The summed E-state index contributed by atoms with van der Waals surface area (Å²) in [7, 11) is 0. The number of anilines is 1. The first-order valence-corrected chi connectivity index (χ1v) is 8.32. The van der Waals surface area contributed by atoms with E-state index in [9.17, 15) is 13.2 Å². The maximum Gasteiger partial charge on any atom is 0.417 e. The van der Waals surface area contributed by atoms with Crippen molar-refractivity contribution in [2.24, 2.45) is 10.7 Å². The molecule has 0 aliphatic heterocycles. The van der Waals surface area contributed by atoms with Gasteiger partial charge in [0.25, 0.3) is 0 Å². The molecule has 3 rings (SSSR count). The number of nitrogens with zero attached hydrogens (tertiary/aromatic N) is 4. The topological polar surface area (TPSA) is 80.6 Å². The zero-order valence-electron chi connectivity index (χ0n) is 14.8. The lowest BCUT2D eigenvalue weighted by atomic mass is 10.0. The number of alkyl halides is 3. The molecule has 3 N–H and O–H groups in total. The Kier molecular flexibility index (Phi) is 5.02. The normalized spacial score (nSPS) is 12.7. The van der Waals surface area contributed by atoms with Gasteiger partial charge in [0.2, 0.25) is 0 Å². The average molecular weight is 376 g/mol. The highest BCUT2D eigenvalue weighted by Crippen LogP contribution is 2.29. The molecule has 9 heteroatoms. The Balaban J connectivity index is 1.78. The van der Waals surface area contributed by atoms with Crippen LogP contribution in [0.25, 0.3) is 5.65 Å². The molecule has 0 atom stereocenters. The Labute approximate surface area is 153 Å². The van der Waals surface area contributed by atoms with Crippen LogP contribution in [-0.4, -0.2) is 20.6 Å². The molecule has 0 radical (unpaired) electrons. The fourth-order valence-electron chi connectivity index (χ4n) is 2.53. The number of hydrogen-bond donors (Lipinski definition) is 2. The molecule has 0 aliphatic carbocycles. The molecule has 0 fully saturated rings. The van der Waals surface area contributed by atoms with Crippen LogP contribution < -0.4 is 11.1 Å². The fraction of sp³-hybridized carbons (Fsp3) is 0.278. The number of nitrogens with one attached hydrogen (secondary N) is 1. The molecule has 27 heavy (non-hydrogen) atoms. The van der Waals surface area contributed by atoms with E-state index in [4.69, 9.17) is 5.73 Å². The van der Waals surface area contributed by atoms with Crippen LogP contribution in [0.15, 0.2) is 47.6 Å². The number of hydrogen-bond acceptors (Lipinski definition) is 3. The van der Waals surface area contributed by atoms with Crippen LogP contribution in [0.2, 0.25) is 0 Å². The fourth-order valence-corrected chi connectivity index (χ4v) is 2.53. The third-order valence-electron chi connectivity index (χ3n) is 4.02. The number of guanidine groups is 1. The standard InChI is InChI=1S/C18H19F3N6/c1-11(2)12-4-3-5-14(8-12)24-17(22)23-9-16-26-25-15-7-6-13(10-27(15)16)18(19,20)21/h3-8,10-11H,9H2,1-2H3,(H3,22,23,24). The van der Waals surface area contributed by atoms with Crippen molar-refractivity contribution >= 4 is 17.3 Å². The predicted octanol–water partition coefficient (Wildman–Crippen LogP) is 3.80. The molecule has 3 aromatic rings. The van der Waals surface area contributed by atoms with Gasteiger partial charge in [-0.3, -0.25) is 4.40 Å². The molecular weight excluding hydrogens is 357 g/mol. The summed E-state index contributed by atoms with van der Waals surface area (Å²) in [6.45, 7) is 4.16. The van der Waals surface area contributed by atoms with Crippen LogP contribution in [0.4, 0.5) is 18.9 Å². The van der Waals surface area contributed by atoms with Crippen molar-refractivity contribution in [3.8, 4) is 0 Å². The lowest BCUT2D eigenvalue weighted by molar-refractivity contribution is -0.137. The van der Waals surface area contributed by atoms with E-state index < -0.39 is 11.7 Å². The average Bonchev–Trinajstić information content (AvgIpc) is 3.01. The summed E-state index contributed by atoms with van der Waals surface area (Å²) in [4.78, 5) is 4.16. The van der Waals surface area contributed by atoms with E-state index in [1.807, 2.05) is 24.3 Å². The molecule has 0 saturated heterocycles. The molecule has 0 spiro atoms. The highest BCUT2D eigenvalue weighted by molar-refractivity contribution is 5.92. The van der Waals surface area contributed by atoms with Crippen molar-refractivity contribution in [2.45, 2.75) is 32.5 Å². The van der Waals surface area contributed by atoms with Crippen LogP contribution in [-0.2, 0) is 12.7 Å². The Morgan fingerprint density at radius 2 is 2.00 bits per heavy atom. The second-order valence-corrected chi connectivity index (χ2v) is 6.37. The van der Waals surface area contributed by atoms with Crippen molar-refractivity contribution in [1.29, 1.82) is 0 Å². The van der Waals surface area contributed by atoms with Crippen LogP contribution in [0.3, 0.4) is 0 Å². The monoisotopic (exact) mass is 376 g/mol. The largest absolute Gasteiger partial charge is 0.417 e. The molecule has 0 saturated carbocycles. The minimum absolute atomic E-state index is 0.00875. The number of pyridine rings is 1.